The Morgan fingerprint density at radius 1 is 1.00 bits per heavy atom. The van der Waals surface area contributed by atoms with Crippen LogP contribution in [0.3, 0.4) is 0 Å². The Hall–Kier alpha value is -2.10. The van der Waals surface area contributed by atoms with Crippen LogP contribution in [0.5, 0.6) is 0 Å². The van der Waals surface area contributed by atoms with Crippen LogP contribution in [0.25, 0.3) is 22.5 Å². The van der Waals surface area contributed by atoms with Crippen molar-refractivity contribution in [3.05, 3.63) is 63.6 Å². The van der Waals surface area contributed by atoms with Crippen LogP contribution >= 0.6 is 23.2 Å². The first-order valence-electron chi connectivity index (χ1n) is 6.74. The number of aryl methyl sites for hydroxylation is 1. The highest BCUT2D eigenvalue weighted by atomic mass is 35.5. The van der Waals surface area contributed by atoms with Gasteiger partial charge >= 0.3 is 0 Å². The molecule has 0 atom stereocenters. The number of hydrogen-bond acceptors (Lipinski definition) is 2. The normalized spacial score (nSPS) is 12.4. The number of nitrogens with zero attached hydrogens (tertiary/aromatic N) is 2. The van der Waals surface area contributed by atoms with Gasteiger partial charge in [0.05, 0.1) is 21.3 Å². The first-order chi connectivity index (χ1) is 10.6. The SMILES string of the molecule is Cn1nc2c(c1-c1ccc(Cl)c(Cl)c1)C(=O)c1ccccc1-2. The highest BCUT2D eigenvalue weighted by Gasteiger charge is 2.33. The van der Waals surface area contributed by atoms with Gasteiger partial charge in [-0.2, -0.15) is 5.10 Å². The predicted molar refractivity (Wildman–Crippen MR) is 87.5 cm³/mol. The van der Waals surface area contributed by atoms with Crippen LogP contribution in [-0.4, -0.2) is 15.6 Å². The van der Waals surface area contributed by atoms with E-state index < -0.39 is 0 Å². The van der Waals surface area contributed by atoms with Crippen molar-refractivity contribution < 1.29 is 4.79 Å². The third-order valence-electron chi connectivity index (χ3n) is 3.89. The smallest absolute Gasteiger partial charge is 0.198 e. The fourth-order valence-electron chi connectivity index (χ4n) is 2.92. The van der Waals surface area contributed by atoms with Gasteiger partial charge in [0.25, 0.3) is 0 Å². The van der Waals surface area contributed by atoms with E-state index in [9.17, 15) is 4.79 Å². The minimum Gasteiger partial charge on any atom is -0.288 e. The molecule has 0 aliphatic heterocycles. The molecule has 3 aromatic rings. The van der Waals surface area contributed by atoms with E-state index in [1.54, 1.807) is 16.8 Å². The molecule has 0 fully saturated rings. The van der Waals surface area contributed by atoms with Gasteiger partial charge in [-0.05, 0) is 12.1 Å². The first-order valence-corrected chi connectivity index (χ1v) is 7.50. The van der Waals surface area contributed by atoms with E-state index in [0.29, 0.717) is 21.2 Å². The number of benzene rings is 2. The van der Waals surface area contributed by atoms with E-state index >= 15 is 0 Å². The van der Waals surface area contributed by atoms with Gasteiger partial charge in [-0.15, -0.1) is 0 Å². The van der Waals surface area contributed by atoms with Crippen molar-refractivity contribution >= 4 is 29.0 Å². The lowest BCUT2D eigenvalue weighted by Gasteiger charge is -2.06. The molecule has 1 aliphatic carbocycles. The van der Waals surface area contributed by atoms with Crippen LogP contribution in [0.2, 0.25) is 10.0 Å². The summed E-state index contributed by atoms with van der Waals surface area (Å²) in [5, 5.41) is 5.47. The molecule has 108 valence electrons. The van der Waals surface area contributed by atoms with E-state index in [-0.39, 0.29) is 5.78 Å². The van der Waals surface area contributed by atoms with Gasteiger partial charge in [0.2, 0.25) is 0 Å². The highest BCUT2D eigenvalue weighted by molar-refractivity contribution is 6.42. The monoisotopic (exact) mass is 328 g/mol. The number of carbonyl (C=O) groups excluding carboxylic acids is 1. The molecule has 0 N–H and O–H groups in total. The van der Waals surface area contributed by atoms with Crippen molar-refractivity contribution in [2.75, 3.05) is 0 Å². The van der Waals surface area contributed by atoms with Gasteiger partial charge in [0.1, 0.15) is 5.69 Å². The zero-order chi connectivity index (χ0) is 15.4. The van der Waals surface area contributed by atoms with E-state index in [1.165, 1.54) is 0 Å². The summed E-state index contributed by atoms with van der Waals surface area (Å²) in [6.07, 6.45) is 0. The molecule has 0 unspecified atom stereocenters. The van der Waals surface area contributed by atoms with Crippen LogP contribution < -0.4 is 0 Å². The van der Waals surface area contributed by atoms with Crippen molar-refractivity contribution in [2.45, 2.75) is 0 Å². The summed E-state index contributed by atoms with van der Waals surface area (Å²) in [5.74, 6) is -0.000211. The Balaban J connectivity index is 2.00. The zero-order valence-corrected chi connectivity index (χ0v) is 13.1. The van der Waals surface area contributed by atoms with Crippen molar-refractivity contribution in [2.24, 2.45) is 7.05 Å². The molecule has 22 heavy (non-hydrogen) atoms. The summed E-state index contributed by atoms with van der Waals surface area (Å²) in [6, 6.07) is 12.9. The number of ketones is 1. The summed E-state index contributed by atoms with van der Waals surface area (Å²) >= 11 is 12.1. The number of aromatic nitrogens is 2. The summed E-state index contributed by atoms with van der Waals surface area (Å²) in [6.45, 7) is 0. The van der Waals surface area contributed by atoms with Crippen LogP contribution in [0, 0.1) is 0 Å². The van der Waals surface area contributed by atoms with Crippen molar-refractivity contribution in [3.8, 4) is 22.5 Å². The Kier molecular flexibility index (Phi) is 2.90. The van der Waals surface area contributed by atoms with Crippen LogP contribution in [-0.2, 0) is 7.05 Å². The molecule has 0 saturated carbocycles. The molecule has 5 heteroatoms. The predicted octanol–water partition coefficient (Wildman–Crippen LogP) is 4.61. The number of halogens is 2. The van der Waals surface area contributed by atoms with E-state index in [2.05, 4.69) is 5.10 Å². The molecule has 1 heterocycles. The molecular weight excluding hydrogens is 319 g/mol. The second-order valence-electron chi connectivity index (χ2n) is 5.20. The van der Waals surface area contributed by atoms with Gasteiger partial charge in [0.15, 0.2) is 5.78 Å². The third-order valence-corrected chi connectivity index (χ3v) is 4.63. The minimum atomic E-state index is -0.000211. The Morgan fingerprint density at radius 2 is 1.73 bits per heavy atom. The van der Waals surface area contributed by atoms with Gasteiger partial charge < -0.3 is 0 Å². The molecule has 3 nitrogen and oxygen atoms in total. The summed E-state index contributed by atoms with van der Waals surface area (Å²) in [4.78, 5) is 12.7. The molecule has 2 aromatic carbocycles. The molecule has 0 bridgehead atoms. The second kappa shape index (κ2) is 4.70. The number of rotatable bonds is 1. The minimum absolute atomic E-state index is 0.000211. The van der Waals surface area contributed by atoms with Crippen molar-refractivity contribution in [1.29, 1.82) is 0 Å². The average molecular weight is 329 g/mol. The summed E-state index contributed by atoms with van der Waals surface area (Å²) in [7, 11) is 1.83. The maximum atomic E-state index is 12.7. The fraction of sp³-hybridized carbons (Fsp3) is 0.0588. The summed E-state index contributed by atoms with van der Waals surface area (Å²) < 4.78 is 1.72. The van der Waals surface area contributed by atoms with Gasteiger partial charge in [-0.25, -0.2) is 0 Å². The van der Waals surface area contributed by atoms with Gasteiger partial charge in [-0.3, -0.25) is 9.48 Å². The Morgan fingerprint density at radius 3 is 2.45 bits per heavy atom. The molecule has 0 saturated heterocycles. The zero-order valence-electron chi connectivity index (χ0n) is 11.6. The lowest BCUT2D eigenvalue weighted by atomic mass is 10.0. The van der Waals surface area contributed by atoms with Gasteiger partial charge in [-0.1, -0.05) is 53.5 Å². The lowest BCUT2D eigenvalue weighted by molar-refractivity contribution is 0.104. The second-order valence-corrected chi connectivity index (χ2v) is 6.01. The van der Waals surface area contributed by atoms with Crippen molar-refractivity contribution in [3.63, 3.8) is 0 Å². The molecule has 0 spiro atoms. The Bertz CT molecular complexity index is 944. The standard InChI is InChI=1S/C17H10Cl2N2O/c1-21-16(9-6-7-12(18)13(19)8-9)14-15(20-21)10-4-2-3-5-11(10)17(14)22/h2-8H,1H3. The van der Waals surface area contributed by atoms with E-state index in [4.69, 9.17) is 23.2 Å². The van der Waals surface area contributed by atoms with Crippen molar-refractivity contribution in [1.82, 2.24) is 9.78 Å². The molecular formula is C17H10Cl2N2O. The highest BCUT2D eigenvalue weighted by Crippen LogP contribution is 2.41. The average Bonchev–Trinajstić information content (AvgIpc) is 2.98. The third kappa shape index (κ3) is 1.76. The number of carbonyl (C=O) groups is 1. The summed E-state index contributed by atoms with van der Waals surface area (Å²) in [5.41, 5.74) is 4.51. The lowest BCUT2D eigenvalue weighted by Crippen LogP contribution is -2.02. The van der Waals surface area contributed by atoms with E-state index in [1.807, 2.05) is 37.4 Å². The fourth-order valence-corrected chi connectivity index (χ4v) is 3.22. The molecule has 4 rings (SSSR count). The Labute approximate surface area is 137 Å². The number of fused-ring (bicyclic) bond motifs is 3. The maximum absolute atomic E-state index is 12.7. The van der Waals surface area contributed by atoms with Crippen LogP contribution in [0.15, 0.2) is 42.5 Å². The molecule has 0 radical (unpaired) electrons. The largest absolute Gasteiger partial charge is 0.288 e. The quantitative estimate of drug-likeness (QED) is 0.511. The first kappa shape index (κ1) is 13.6. The molecule has 1 aromatic heterocycles. The van der Waals surface area contributed by atoms with Crippen LogP contribution in [0.1, 0.15) is 15.9 Å². The van der Waals surface area contributed by atoms with Gasteiger partial charge in [0, 0.05) is 23.7 Å². The van der Waals surface area contributed by atoms with E-state index in [0.717, 1.165) is 22.5 Å². The molecule has 1 aliphatic rings. The maximum Gasteiger partial charge on any atom is 0.198 e. The van der Waals surface area contributed by atoms with Crippen LogP contribution in [0.4, 0.5) is 0 Å². The number of hydrogen-bond donors (Lipinski definition) is 0. The molecule has 0 amide bonds. The topological polar surface area (TPSA) is 34.9 Å².